The molecule has 350 valence electrons. The van der Waals surface area contributed by atoms with Crippen molar-refractivity contribution in [2.45, 2.75) is 258 Å². The summed E-state index contributed by atoms with van der Waals surface area (Å²) in [5.41, 5.74) is 2.66. The van der Waals surface area contributed by atoms with E-state index in [2.05, 4.69) is 39.8 Å². The number of phenols is 1. The Kier molecular flexibility index (Phi) is 37.1. The second kappa shape index (κ2) is 39.3. The Balaban J connectivity index is 2.31. The second-order valence-corrected chi connectivity index (χ2v) is 21.2. The van der Waals surface area contributed by atoms with E-state index >= 15 is 0 Å². The fraction of sp³-hybridized carbons (Fsp3) is 0.849. The first-order chi connectivity index (χ1) is 29.1. The first-order valence-electron chi connectivity index (χ1n) is 25.4. The van der Waals surface area contributed by atoms with E-state index in [0.29, 0.717) is 19.0 Å². The number of rotatable bonds is 43. The largest absolute Gasteiger partial charge is 0.507 e. The molecule has 0 bridgehead atoms. The number of benzene rings is 1. The predicted molar refractivity (Wildman–Crippen MR) is 265 cm³/mol. The van der Waals surface area contributed by atoms with Crippen LogP contribution in [-0.2, 0) is 25.5 Å². The minimum absolute atomic E-state index is 0.0156. The van der Waals surface area contributed by atoms with E-state index in [9.17, 15) is 14.7 Å². The average Bonchev–Trinajstić information content (AvgIpc) is 3.21. The minimum Gasteiger partial charge on any atom is -0.507 e. The fourth-order valence-corrected chi connectivity index (χ4v) is 10.9. The van der Waals surface area contributed by atoms with Gasteiger partial charge in [0.15, 0.2) is 0 Å². The number of phenolic OH excluding ortho intramolecular Hbond substituents is 1. The number of thioether (sulfide) groups is 2. The van der Waals surface area contributed by atoms with Gasteiger partial charge in [0.25, 0.3) is 0 Å². The van der Waals surface area contributed by atoms with E-state index in [1.165, 1.54) is 180 Å². The number of hydrogen-bond acceptors (Lipinski definition) is 7. The fourth-order valence-electron chi connectivity index (χ4n) is 8.30. The Morgan fingerprint density at radius 2 is 0.767 bits per heavy atom. The van der Waals surface area contributed by atoms with Crippen molar-refractivity contribution in [2.24, 2.45) is 5.41 Å². The van der Waals surface area contributed by atoms with Gasteiger partial charge in [-0.15, -0.1) is 23.5 Å². The Bertz CT molecular complexity index is 1090. The molecule has 0 aliphatic rings. The first-order valence-corrected chi connectivity index (χ1v) is 27.5. The van der Waals surface area contributed by atoms with Gasteiger partial charge in [-0.2, -0.15) is 0 Å². The van der Waals surface area contributed by atoms with E-state index in [0.717, 1.165) is 48.8 Å². The summed E-state index contributed by atoms with van der Waals surface area (Å²) in [6.07, 6.45) is 43.1. The normalized spacial score (nSPS) is 11.8. The van der Waals surface area contributed by atoms with Crippen molar-refractivity contribution in [3.8, 4) is 5.75 Å². The molecule has 1 aromatic rings. The maximum atomic E-state index is 12.9. The summed E-state index contributed by atoms with van der Waals surface area (Å²) < 4.78 is 11.3. The molecule has 1 rings (SSSR count). The summed E-state index contributed by atoms with van der Waals surface area (Å²) in [4.78, 5) is 25.7. The molecule has 0 radical (unpaired) electrons. The van der Waals surface area contributed by atoms with Crippen LogP contribution in [0.2, 0.25) is 0 Å². The molecule has 0 fully saturated rings. The van der Waals surface area contributed by atoms with Gasteiger partial charge in [-0.25, -0.2) is 0 Å². The summed E-state index contributed by atoms with van der Waals surface area (Å²) in [7, 11) is 0. The molecule has 0 aromatic heterocycles. The molecule has 0 aliphatic heterocycles. The van der Waals surface area contributed by atoms with Gasteiger partial charge in [0, 0.05) is 0 Å². The zero-order chi connectivity index (χ0) is 43.9. The molecule has 0 atom stereocenters. The number of unbranched alkanes of at least 4 members (excludes halogenated alkanes) is 30. The molecule has 0 amide bonds. The topological polar surface area (TPSA) is 72.8 Å². The Hall–Kier alpha value is -1.34. The van der Waals surface area contributed by atoms with Gasteiger partial charge in [-0.05, 0) is 55.2 Å². The highest BCUT2D eigenvalue weighted by molar-refractivity contribution is 8.17. The van der Waals surface area contributed by atoms with Crippen LogP contribution in [0.15, 0.2) is 12.1 Å². The lowest BCUT2D eigenvalue weighted by Crippen LogP contribution is -2.29. The molecule has 7 heteroatoms. The number of esters is 2. The Morgan fingerprint density at radius 3 is 1.05 bits per heavy atom. The smallest absolute Gasteiger partial charge is 0.315 e. The van der Waals surface area contributed by atoms with E-state index in [1.54, 1.807) is 23.5 Å². The first kappa shape index (κ1) is 56.7. The van der Waals surface area contributed by atoms with E-state index in [-0.39, 0.29) is 33.4 Å². The van der Waals surface area contributed by atoms with E-state index in [4.69, 9.17) is 9.47 Å². The quantitative estimate of drug-likeness (QED) is 0.0398. The molecule has 60 heavy (non-hydrogen) atoms. The Labute approximate surface area is 380 Å². The zero-order valence-electron chi connectivity index (χ0n) is 40.3. The third kappa shape index (κ3) is 32.4. The predicted octanol–water partition coefficient (Wildman–Crippen LogP) is 17.0. The van der Waals surface area contributed by atoms with E-state index in [1.807, 2.05) is 13.8 Å². The van der Waals surface area contributed by atoms with Crippen molar-refractivity contribution in [1.29, 1.82) is 0 Å². The highest BCUT2D eigenvalue weighted by Crippen LogP contribution is 2.42. The van der Waals surface area contributed by atoms with Crippen LogP contribution in [-0.4, -0.2) is 46.3 Å². The number of aromatic hydroxyl groups is 1. The van der Waals surface area contributed by atoms with Crippen molar-refractivity contribution in [1.82, 2.24) is 0 Å². The molecule has 5 nitrogen and oxygen atoms in total. The molecule has 1 N–H and O–H groups in total. The lowest BCUT2D eigenvalue weighted by molar-refractivity contribution is -0.141. The van der Waals surface area contributed by atoms with Gasteiger partial charge >= 0.3 is 11.9 Å². The summed E-state index contributed by atoms with van der Waals surface area (Å²) in [6, 6.07) is 4.10. The standard InChI is InChI=1S/C53H96O5S2/c1-7-9-11-13-15-17-19-21-23-25-27-29-31-33-35-37-39-57-49(54)44-59-52(53(5,6)43-48-41-46(3)51(56)47(4)42-48)60-45-50(55)58-40-38-36-34-32-30-28-26-24-22-20-18-16-14-12-10-8-2/h41-42,52,56H,7-40,43-45H2,1-6H3. The third-order valence-corrected chi connectivity index (χ3v) is 15.6. The number of carbonyl (C=O) groups is 2. The van der Waals surface area contributed by atoms with Crippen molar-refractivity contribution < 1.29 is 24.2 Å². The molecule has 0 saturated heterocycles. The van der Waals surface area contributed by atoms with Gasteiger partial charge in [0.05, 0.1) is 29.3 Å². The molecular formula is C53H96O5S2. The summed E-state index contributed by atoms with van der Waals surface area (Å²) in [6.45, 7) is 13.8. The number of ether oxygens (including phenoxy) is 2. The van der Waals surface area contributed by atoms with Gasteiger partial charge in [-0.3, -0.25) is 9.59 Å². The number of carbonyl (C=O) groups excluding carboxylic acids is 2. The number of aryl methyl sites for hydroxylation is 2. The van der Waals surface area contributed by atoms with Crippen LogP contribution < -0.4 is 0 Å². The summed E-state index contributed by atoms with van der Waals surface area (Å²) >= 11 is 3.16. The van der Waals surface area contributed by atoms with Crippen molar-refractivity contribution >= 4 is 35.5 Å². The highest BCUT2D eigenvalue weighted by atomic mass is 32.2. The molecule has 0 saturated carbocycles. The molecule has 0 heterocycles. The van der Waals surface area contributed by atoms with E-state index < -0.39 is 0 Å². The maximum Gasteiger partial charge on any atom is 0.315 e. The van der Waals surface area contributed by atoms with Gasteiger partial charge < -0.3 is 14.6 Å². The van der Waals surface area contributed by atoms with Crippen molar-refractivity contribution in [3.05, 3.63) is 28.8 Å². The second-order valence-electron chi connectivity index (χ2n) is 18.7. The van der Waals surface area contributed by atoms with Gasteiger partial charge in [-0.1, -0.05) is 232 Å². The lowest BCUT2D eigenvalue weighted by atomic mass is 9.86. The molecule has 1 aromatic carbocycles. The van der Waals surface area contributed by atoms with Crippen LogP contribution in [0.3, 0.4) is 0 Å². The van der Waals surface area contributed by atoms with Crippen LogP contribution in [0.4, 0.5) is 0 Å². The van der Waals surface area contributed by atoms with Crippen molar-refractivity contribution in [3.63, 3.8) is 0 Å². The number of hydrogen-bond donors (Lipinski definition) is 1. The Morgan fingerprint density at radius 1 is 0.500 bits per heavy atom. The van der Waals surface area contributed by atoms with Crippen LogP contribution in [0, 0.1) is 19.3 Å². The van der Waals surface area contributed by atoms with Crippen LogP contribution in [0.1, 0.15) is 250 Å². The molecule has 0 spiro atoms. The molecular weight excluding hydrogens is 781 g/mol. The van der Waals surface area contributed by atoms with Crippen LogP contribution in [0.25, 0.3) is 0 Å². The highest BCUT2D eigenvalue weighted by Gasteiger charge is 2.32. The summed E-state index contributed by atoms with van der Waals surface area (Å²) in [5.74, 6) is 0.523. The molecule has 0 aliphatic carbocycles. The van der Waals surface area contributed by atoms with Crippen LogP contribution in [0.5, 0.6) is 5.75 Å². The maximum absolute atomic E-state index is 12.9. The van der Waals surface area contributed by atoms with Crippen LogP contribution >= 0.6 is 23.5 Å². The average molecular weight is 877 g/mol. The minimum atomic E-state index is -0.229. The zero-order valence-corrected chi connectivity index (χ0v) is 41.9. The third-order valence-electron chi connectivity index (χ3n) is 12.1. The molecule has 0 unspecified atom stereocenters. The lowest BCUT2D eigenvalue weighted by Gasteiger charge is -2.33. The van der Waals surface area contributed by atoms with Gasteiger partial charge in [0.2, 0.25) is 0 Å². The monoisotopic (exact) mass is 877 g/mol. The SMILES string of the molecule is CCCCCCCCCCCCCCCCCCOC(=O)CSC(SCC(=O)OCCCCCCCCCCCCCCCCCC)C(C)(C)Cc1cc(C)c(O)c(C)c1. The van der Waals surface area contributed by atoms with Gasteiger partial charge in [0.1, 0.15) is 5.75 Å². The summed E-state index contributed by atoms with van der Waals surface area (Å²) in [5, 5.41) is 10.3. The van der Waals surface area contributed by atoms with Crippen molar-refractivity contribution in [2.75, 3.05) is 24.7 Å².